The van der Waals surface area contributed by atoms with Crippen LogP contribution in [-0.2, 0) is 4.74 Å². The summed E-state index contributed by atoms with van der Waals surface area (Å²) in [6.45, 7) is 2.22. The van der Waals surface area contributed by atoms with Crippen molar-refractivity contribution >= 4 is 22.6 Å². The second-order valence-electron chi connectivity index (χ2n) is 5.99. The average Bonchev–Trinajstić information content (AvgIpc) is 2.47. The van der Waals surface area contributed by atoms with Crippen molar-refractivity contribution in [2.75, 3.05) is 5.32 Å². The number of hydrogen-bond acceptors (Lipinski definition) is 2. The Morgan fingerprint density at radius 3 is 2.76 bits per heavy atom. The van der Waals surface area contributed by atoms with Crippen molar-refractivity contribution in [3.05, 3.63) is 42.5 Å². The fourth-order valence-corrected chi connectivity index (χ4v) is 3.05. The maximum Gasteiger partial charge on any atom is 0.411 e. The van der Waals surface area contributed by atoms with E-state index in [0.717, 1.165) is 35.7 Å². The van der Waals surface area contributed by atoms with Crippen LogP contribution in [0.3, 0.4) is 0 Å². The van der Waals surface area contributed by atoms with E-state index in [1.54, 1.807) is 0 Å². The highest BCUT2D eigenvalue weighted by Gasteiger charge is 2.22. The molecule has 1 amide bonds. The van der Waals surface area contributed by atoms with E-state index in [4.69, 9.17) is 4.74 Å². The van der Waals surface area contributed by atoms with Crippen molar-refractivity contribution in [2.24, 2.45) is 5.92 Å². The lowest BCUT2D eigenvalue weighted by atomic mass is 9.89. The number of benzene rings is 2. The number of amides is 1. The zero-order chi connectivity index (χ0) is 14.7. The van der Waals surface area contributed by atoms with Crippen LogP contribution in [0.4, 0.5) is 10.5 Å². The van der Waals surface area contributed by atoms with Crippen LogP contribution in [0.5, 0.6) is 0 Å². The average molecular weight is 283 g/mol. The summed E-state index contributed by atoms with van der Waals surface area (Å²) >= 11 is 0. The molecule has 1 aliphatic carbocycles. The third kappa shape index (κ3) is 3.54. The molecule has 0 bridgehead atoms. The van der Waals surface area contributed by atoms with Gasteiger partial charge in [0, 0.05) is 5.69 Å². The van der Waals surface area contributed by atoms with E-state index in [-0.39, 0.29) is 12.2 Å². The summed E-state index contributed by atoms with van der Waals surface area (Å²) in [7, 11) is 0. The summed E-state index contributed by atoms with van der Waals surface area (Å²) in [4.78, 5) is 12.0. The van der Waals surface area contributed by atoms with Crippen molar-refractivity contribution in [1.29, 1.82) is 0 Å². The number of anilines is 1. The Hall–Kier alpha value is -2.03. The maximum absolute atomic E-state index is 12.0. The van der Waals surface area contributed by atoms with Crippen LogP contribution in [0.1, 0.15) is 32.6 Å². The lowest BCUT2D eigenvalue weighted by Gasteiger charge is -2.26. The van der Waals surface area contributed by atoms with Crippen LogP contribution in [0.2, 0.25) is 0 Å². The van der Waals surface area contributed by atoms with Gasteiger partial charge in [-0.2, -0.15) is 0 Å². The van der Waals surface area contributed by atoms with E-state index in [9.17, 15) is 4.79 Å². The molecule has 0 aliphatic heterocycles. The molecule has 3 rings (SSSR count). The maximum atomic E-state index is 12.0. The van der Waals surface area contributed by atoms with Gasteiger partial charge in [0.15, 0.2) is 0 Å². The third-order valence-corrected chi connectivity index (χ3v) is 4.16. The number of carbonyl (C=O) groups is 1. The summed E-state index contributed by atoms with van der Waals surface area (Å²) in [5.41, 5.74) is 0.780. The van der Waals surface area contributed by atoms with Crippen LogP contribution in [0.25, 0.3) is 10.8 Å². The van der Waals surface area contributed by atoms with Gasteiger partial charge < -0.3 is 4.74 Å². The van der Waals surface area contributed by atoms with Gasteiger partial charge in [-0.15, -0.1) is 0 Å². The highest BCUT2D eigenvalue weighted by Crippen LogP contribution is 2.26. The summed E-state index contributed by atoms with van der Waals surface area (Å²) in [5, 5.41) is 5.11. The molecule has 1 aliphatic rings. The first-order valence-electron chi connectivity index (χ1n) is 7.67. The molecule has 0 radical (unpaired) electrons. The molecule has 1 N–H and O–H groups in total. The van der Waals surface area contributed by atoms with E-state index in [1.807, 2.05) is 36.4 Å². The van der Waals surface area contributed by atoms with Gasteiger partial charge >= 0.3 is 6.09 Å². The Morgan fingerprint density at radius 2 is 1.95 bits per heavy atom. The SMILES string of the molecule is C[C@H]1CCC[C@@H](OC(=O)Nc2ccc3ccccc3c2)C1. The number of fused-ring (bicyclic) bond motifs is 1. The lowest BCUT2D eigenvalue weighted by molar-refractivity contribution is 0.0724. The van der Waals surface area contributed by atoms with Gasteiger partial charge in [-0.1, -0.05) is 43.7 Å². The molecule has 1 fully saturated rings. The number of ether oxygens (including phenoxy) is 1. The zero-order valence-corrected chi connectivity index (χ0v) is 12.3. The molecule has 0 aromatic heterocycles. The van der Waals surface area contributed by atoms with Crippen molar-refractivity contribution in [3.63, 3.8) is 0 Å². The second-order valence-corrected chi connectivity index (χ2v) is 5.99. The highest BCUT2D eigenvalue weighted by atomic mass is 16.6. The van der Waals surface area contributed by atoms with Crippen LogP contribution in [0.15, 0.2) is 42.5 Å². The van der Waals surface area contributed by atoms with E-state index in [0.29, 0.717) is 5.92 Å². The van der Waals surface area contributed by atoms with Crippen molar-refractivity contribution in [2.45, 2.75) is 38.7 Å². The number of hydrogen-bond donors (Lipinski definition) is 1. The first-order chi connectivity index (χ1) is 10.2. The molecular weight excluding hydrogens is 262 g/mol. The van der Waals surface area contributed by atoms with Gasteiger partial charge in [0.1, 0.15) is 6.10 Å². The molecule has 2 aromatic carbocycles. The topological polar surface area (TPSA) is 38.3 Å². The predicted molar refractivity (Wildman–Crippen MR) is 85.5 cm³/mol. The summed E-state index contributed by atoms with van der Waals surface area (Å²) in [6.07, 6.45) is 4.07. The zero-order valence-electron chi connectivity index (χ0n) is 12.3. The molecule has 1 saturated carbocycles. The Balaban J connectivity index is 1.63. The second kappa shape index (κ2) is 6.17. The Labute approximate surface area is 125 Å². The largest absolute Gasteiger partial charge is 0.446 e. The van der Waals surface area contributed by atoms with Crippen LogP contribution in [-0.4, -0.2) is 12.2 Å². The van der Waals surface area contributed by atoms with Crippen molar-refractivity contribution in [1.82, 2.24) is 0 Å². The fourth-order valence-electron chi connectivity index (χ4n) is 3.05. The van der Waals surface area contributed by atoms with Gasteiger partial charge in [0.05, 0.1) is 0 Å². The van der Waals surface area contributed by atoms with Crippen LogP contribution < -0.4 is 5.32 Å². The minimum absolute atomic E-state index is 0.0641. The molecule has 0 spiro atoms. The van der Waals surface area contributed by atoms with E-state index < -0.39 is 0 Å². The van der Waals surface area contributed by atoms with Gasteiger partial charge in [-0.05, 0) is 48.1 Å². The summed E-state index contributed by atoms with van der Waals surface area (Å²) in [5.74, 6) is 0.650. The summed E-state index contributed by atoms with van der Waals surface area (Å²) in [6, 6.07) is 14.0. The first kappa shape index (κ1) is 13.9. The molecule has 3 nitrogen and oxygen atoms in total. The molecular formula is C18H21NO2. The van der Waals surface area contributed by atoms with E-state index in [1.165, 1.54) is 6.42 Å². The quantitative estimate of drug-likeness (QED) is 0.845. The lowest BCUT2D eigenvalue weighted by Crippen LogP contribution is -2.27. The Bertz CT molecular complexity index is 638. The highest BCUT2D eigenvalue weighted by molar-refractivity contribution is 5.91. The van der Waals surface area contributed by atoms with Crippen molar-refractivity contribution < 1.29 is 9.53 Å². The smallest absolute Gasteiger partial charge is 0.411 e. The molecule has 21 heavy (non-hydrogen) atoms. The van der Waals surface area contributed by atoms with Gasteiger partial charge in [-0.3, -0.25) is 5.32 Å². The monoisotopic (exact) mass is 283 g/mol. The van der Waals surface area contributed by atoms with Crippen LogP contribution in [0, 0.1) is 5.92 Å². The normalized spacial score (nSPS) is 22.0. The number of carbonyl (C=O) groups excluding carboxylic acids is 1. The fraction of sp³-hybridized carbons (Fsp3) is 0.389. The van der Waals surface area contributed by atoms with Crippen molar-refractivity contribution in [3.8, 4) is 0 Å². The molecule has 110 valence electrons. The number of nitrogens with one attached hydrogen (secondary N) is 1. The minimum Gasteiger partial charge on any atom is -0.446 e. The molecule has 2 aromatic rings. The number of rotatable bonds is 2. The van der Waals surface area contributed by atoms with Gasteiger partial charge in [0.2, 0.25) is 0 Å². The standard InChI is InChI=1S/C18H21NO2/c1-13-5-4-8-17(11-13)21-18(20)19-16-10-9-14-6-2-3-7-15(14)12-16/h2-3,6-7,9-10,12-13,17H,4-5,8,11H2,1H3,(H,19,20)/t13-,17+/m0/s1. The minimum atomic E-state index is -0.343. The molecule has 3 heteroatoms. The Kier molecular flexibility index (Phi) is 4.09. The molecule has 0 unspecified atom stereocenters. The third-order valence-electron chi connectivity index (χ3n) is 4.16. The molecule has 0 heterocycles. The van der Waals surface area contributed by atoms with Crippen LogP contribution >= 0.6 is 0 Å². The predicted octanol–water partition coefficient (Wildman–Crippen LogP) is 4.97. The summed E-state index contributed by atoms with van der Waals surface area (Å²) < 4.78 is 5.53. The van der Waals surface area contributed by atoms with Gasteiger partial charge in [-0.25, -0.2) is 4.79 Å². The van der Waals surface area contributed by atoms with E-state index in [2.05, 4.69) is 18.3 Å². The molecule has 2 atom stereocenters. The first-order valence-corrected chi connectivity index (χ1v) is 7.67. The van der Waals surface area contributed by atoms with Gasteiger partial charge in [0.25, 0.3) is 0 Å². The Morgan fingerprint density at radius 1 is 1.14 bits per heavy atom. The molecule has 0 saturated heterocycles. The van der Waals surface area contributed by atoms with E-state index >= 15 is 0 Å².